The fourth-order valence-corrected chi connectivity index (χ4v) is 2.70. The van der Waals surface area contributed by atoms with Crippen molar-refractivity contribution in [2.45, 2.75) is 66.0 Å². The largest absolute Gasteiger partial charge is 0.307 e. The molecule has 1 nitrogen and oxygen atoms in total. The molecule has 102 valence electrons. The SMILES string of the molecule is CCC(NC(C)C(CC)CC)c1ccc(C)cc1. The Bertz CT molecular complexity index is 324. The highest BCUT2D eigenvalue weighted by Gasteiger charge is 2.17. The van der Waals surface area contributed by atoms with Gasteiger partial charge in [0.25, 0.3) is 0 Å². The average Bonchev–Trinajstić information content (AvgIpc) is 2.38. The second kappa shape index (κ2) is 7.58. The molecule has 1 rings (SSSR count). The third kappa shape index (κ3) is 4.13. The van der Waals surface area contributed by atoms with Crippen LogP contribution in [0.4, 0.5) is 0 Å². The molecule has 0 saturated heterocycles. The molecule has 0 radical (unpaired) electrons. The van der Waals surface area contributed by atoms with Crippen LogP contribution in [0.2, 0.25) is 0 Å². The third-order valence-electron chi connectivity index (χ3n) is 4.11. The van der Waals surface area contributed by atoms with E-state index in [1.807, 2.05) is 0 Å². The molecule has 0 heterocycles. The maximum Gasteiger partial charge on any atom is 0.0320 e. The number of nitrogens with one attached hydrogen (secondary N) is 1. The Kier molecular flexibility index (Phi) is 6.42. The number of rotatable bonds is 7. The van der Waals surface area contributed by atoms with Crippen LogP contribution < -0.4 is 5.32 Å². The van der Waals surface area contributed by atoms with Gasteiger partial charge in [-0.3, -0.25) is 0 Å². The first-order valence-corrected chi connectivity index (χ1v) is 7.44. The molecule has 0 bridgehead atoms. The Labute approximate surface area is 113 Å². The summed E-state index contributed by atoms with van der Waals surface area (Å²) in [6.07, 6.45) is 3.66. The summed E-state index contributed by atoms with van der Waals surface area (Å²) in [6.45, 7) is 11.3. The lowest BCUT2D eigenvalue weighted by Crippen LogP contribution is -2.35. The molecule has 18 heavy (non-hydrogen) atoms. The summed E-state index contributed by atoms with van der Waals surface area (Å²) < 4.78 is 0. The van der Waals surface area contributed by atoms with Gasteiger partial charge in [-0.1, -0.05) is 63.4 Å². The highest BCUT2D eigenvalue weighted by atomic mass is 14.9. The van der Waals surface area contributed by atoms with E-state index in [1.54, 1.807) is 0 Å². The lowest BCUT2D eigenvalue weighted by Gasteiger charge is -2.28. The van der Waals surface area contributed by atoms with E-state index in [1.165, 1.54) is 24.0 Å². The summed E-state index contributed by atoms with van der Waals surface area (Å²) in [5.74, 6) is 0.782. The van der Waals surface area contributed by atoms with E-state index in [-0.39, 0.29) is 0 Å². The molecule has 0 spiro atoms. The number of benzene rings is 1. The molecule has 0 aliphatic carbocycles. The first kappa shape index (κ1) is 15.2. The van der Waals surface area contributed by atoms with Gasteiger partial charge >= 0.3 is 0 Å². The van der Waals surface area contributed by atoms with Crippen molar-refractivity contribution in [3.05, 3.63) is 35.4 Å². The number of hydrogen-bond acceptors (Lipinski definition) is 1. The summed E-state index contributed by atoms with van der Waals surface area (Å²) in [4.78, 5) is 0. The lowest BCUT2D eigenvalue weighted by atomic mass is 9.93. The van der Waals surface area contributed by atoms with Crippen molar-refractivity contribution in [1.82, 2.24) is 5.32 Å². The van der Waals surface area contributed by atoms with E-state index in [2.05, 4.69) is 64.2 Å². The van der Waals surface area contributed by atoms with E-state index in [0.29, 0.717) is 12.1 Å². The van der Waals surface area contributed by atoms with Crippen LogP contribution in [0, 0.1) is 12.8 Å². The van der Waals surface area contributed by atoms with Gasteiger partial charge in [0.2, 0.25) is 0 Å². The van der Waals surface area contributed by atoms with Crippen LogP contribution in [0.25, 0.3) is 0 Å². The van der Waals surface area contributed by atoms with Gasteiger partial charge in [-0.2, -0.15) is 0 Å². The van der Waals surface area contributed by atoms with Gasteiger partial charge in [-0.05, 0) is 31.7 Å². The van der Waals surface area contributed by atoms with Gasteiger partial charge in [-0.25, -0.2) is 0 Å². The predicted octanol–water partition coefficient (Wildman–Crippen LogP) is 4.86. The first-order chi connectivity index (χ1) is 8.62. The van der Waals surface area contributed by atoms with Crippen LogP contribution in [-0.2, 0) is 0 Å². The van der Waals surface area contributed by atoms with Crippen LogP contribution in [0.15, 0.2) is 24.3 Å². The quantitative estimate of drug-likeness (QED) is 0.725. The van der Waals surface area contributed by atoms with Crippen LogP contribution in [0.1, 0.15) is 64.1 Å². The normalized spacial score (nSPS) is 14.8. The first-order valence-electron chi connectivity index (χ1n) is 7.44. The molecule has 1 aromatic carbocycles. The van der Waals surface area contributed by atoms with E-state index >= 15 is 0 Å². The molecule has 0 aliphatic heterocycles. The molecule has 0 saturated carbocycles. The van der Waals surface area contributed by atoms with Crippen molar-refractivity contribution in [3.63, 3.8) is 0 Å². The Hall–Kier alpha value is -0.820. The van der Waals surface area contributed by atoms with Gasteiger partial charge in [0.15, 0.2) is 0 Å². The van der Waals surface area contributed by atoms with Gasteiger partial charge < -0.3 is 5.32 Å². The maximum atomic E-state index is 3.80. The zero-order valence-electron chi connectivity index (χ0n) is 12.7. The van der Waals surface area contributed by atoms with E-state index in [9.17, 15) is 0 Å². The minimum atomic E-state index is 0.487. The smallest absolute Gasteiger partial charge is 0.0320 e. The molecule has 0 amide bonds. The van der Waals surface area contributed by atoms with E-state index in [0.717, 1.165) is 12.3 Å². The van der Waals surface area contributed by atoms with Crippen molar-refractivity contribution < 1.29 is 0 Å². The topological polar surface area (TPSA) is 12.0 Å². The summed E-state index contributed by atoms with van der Waals surface area (Å²) >= 11 is 0. The van der Waals surface area contributed by atoms with Crippen molar-refractivity contribution in [3.8, 4) is 0 Å². The third-order valence-corrected chi connectivity index (χ3v) is 4.11. The van der Waals surface area contributed by atoms with Crippen molar-refractivity contribution in [1.29, 1.82) is 0 Å². The van der Waals surface area contributed by atoms with Gasteiger partial charge in [0.05, 0.1) is 0 Å². The molecule has 2 unspecified atom stereocenters. The minimum absolute atomic E-state index is 0.487. The van der Waals surface area contributed by atoms with Crippen LogP contribution in [-0.4, -0.2) is 6.04 Å². The Morgan fingerprint density at radius 2 is 1.50 bits per heavy atom. The van der Waals surface area contributed by atoms with Crippen LogP contribution >= 0.6 is 0 Å². The Morgan fingerprint density at radius 1 is 0.944 bits per heavy atom. The molecule has 1 N–H and O–H groups in total. The van der Waals surface area contributed by atoms with Crippen molar-refractivity contribution in [2.75, 3.05) is 0 Å². The number of aryl methyl sites for hydroxylation is 1. The van der Waals surface area contributed by atoms with E-state index < -0.39 is 0 Å². The highest BCUT2D eigenvalue weighted by Crippen LogP contribution is 2.21. The Balaban J connectivity index is 2.69. The molecular formula is C17H29N. The van der Waals surface area contributed by atoms with Crippen LogP contribution in [0.5, 0.6) is 0 Å². The van der Waals surface area contributed by atoms with Crippen molar-refractivity contribution in [2.24, 2.45) is 5.92 Å². The van der Waals surface area contributed by atoms with E-state index in [4.69, 9.17) is 0 Å². The lowest BCUT2D eigenvalue weighted by molar-refractivity contribution is 0.319. The summed E-state index contributed by atoms with van der Waals surface area (Å²) in [5, 5.41) is 3.80. The molecule has 2 atom stereocenters. The molecular weight excluding hydrogens is 218 g/mol. The molecule has 0 aliphatic rings. The van der Waals surface area contributed by atoms with Crippen molar-refractivity contribution >= 4 is 0 Å². The van der Waals surface area contributed by atoms with Crippen LogP contribution in [0.3, 0.4) is 0 Å². The van der Waals surface area contributed by atoms with Gasteiger partial charge in [-0.15, -0.1) is 0 Å². The standard InChI is InChI=1S/C17H29N/c1-6-15(7-2)14(5)18-17(8-3)16-11-9-13(4)10-12-16/h9-12,14-15,17-18H,6-8H2,1-5H3. The monoisotopic (exact) mass is 247 g/mol. The molecule has 0 fully saturated rings. The Morgan fingerprint density at radius 3 is 1.94 bits per heavy atom. The molecule has 1 heteroatoms. The van der Waals surface area contributed by atoms with Gasteiger partial charge in [0.1, 0.15) is 0 Å². The average molecular weight is 247 g/mol. The second-order valence-electron chi connectivity index (χ2n) is 5.40. The second-order valence-corrected chi connectivity index (χ2v) is 5.40. The predicted molar refractivity (Wildman–Crippen MR) is 80.9 cm³/mol. The summed E-state index contributed by atoms with van der Waals surface area (Å²) in [5.41, 5.74) is 2.75. The number of hydrogen-bond donors (Lipinski definition) is 1. The maximum absolute atomic E-state index is 3.80. The minimum Gasteiger partial charge on any atom is -0.307 e. The molecule has 0 aromatic heterocycles. The molecule has 1 aromatic rings. The zero-order valence-corrected chi connectivity index (χ0v) is 12.7. The van der Waals surface area contributed by atoms with Gasteiger partial charge in [0, 0.05) is 12.1 Å². The summed E-state index contributed by atoms with van der Waals surface area (Å²) in [6, 6.07) is 10.0. The summed E-state index contributed by atoms with van der Waals surface area (Å²) in [7, 11) is 0. The highest BCUT2D eigenvalue weighted by molar-refractivity contribution is 5.24. The fourth-order valence-electron chi connectivity index (χ4n) is 2.70. The fraction of sp³-hybridized carbons (Fsp3) is 0.647. The zero-order chi connectivity index (χ0) is 13.5.